The summed E-state index contributed by atoms with van der Waals surface area (Å²) < 4.78 is 0. The van der Waals surface area contributed by atoms with Gasteiger partial charge in [0.1, 0.15) is 0 Å². The fraction of sp³-hybridized carbons (Fsp3) is 0.920. The van der Waals surface area contributed by atoms with Crippen molar-refractivity contribution in [3.8, 4) is 0 Å². The number of rotatable bonds is 24. The number of nitrogens with zero attached hydrogens (tertiary/aromatic N) is 2. The fourth-order valence-electron chi connectivity index (χ4n) is 4.14. The third-order valence-electron chi connectivity index (χ3n) is 6.36. The molecule has 0 aliphatic rings. The highest BCUT2D eigenvalue weighted by Gasteiger charge is 2.03. The Morgan fingerprint density at radius 1 is 0.364 bits per heavy atom. The van der Waals surface area contributed by atoms with Gasteiger partial charge in [-0.25, -0.2) is 21.3 Å². The SMILES string of the molecule is NC(=O)N(N)CCCCCCCCCCCCCCCCCCCCCCCN(N)C(N)=O. The minimum Gasteiger partial charge on any atom is -0.350 e. The lowest BCUT2D eigenvalue weighted by molar-refractivity contribution is 0.207. The minimum absolute atomic E-state index is 0.547. The van der Waals surface area contributed by atoms with Gasteiger partial charge in [0.25, 0.3) is 0 Å². The summed E-state index contributed by atoms with van der Waals surface area (Å²) in [6, 6.07) is -1.09. The number of unbranched alkanes of at least 4 members (excludes halogenated alkanes) is 20. The van der Waals surface area contributed by atoms with Crippen LogP contribution in [0, 0.1) is 0 Å². The second-order valence-electron chi connectivity index (χ2n) is 9.49. The zero-order valence-electron chi connectivity index (χ0n) is 21.3. The Labute approximate surface area is 203 Å². The highest BCUT2D eigenvalue weighted by molar-refractivity contribution is 5.71. The molecule has 0 bridgehead atoms. The summed E-state index contributed by atoms with van der Waals surface area (Å²) in [5.74, 6) is 10.9. The molecule has 0 rings (SSSR count). The van der Waals surface area contributed by atoms with E-state index in [2.05, 4.69) is 0 Å². The molecule has 0 aliphatic heterocycles. The molecule has 0 aromatic heterocycles. The van der Waals surface area contributed by atoms with Gasteiger partial charge in [0.2, 0.25) is 0 Å². The van der Waals surface area contributed by atoms with E-state index in [-0.39, 0.29) is 0 Å². The Hall–Kier alpha value is -1.54. The number of hydrazine groups is 2. The second kappa shape index (κ2) is 23.6. The summed E-state index contributed by atoms with van der Waals surface area (Å²) in [6.07, 6.45) is 26.9. The van der Waals surface area contributed by atoms with Crippen LogP contribution < -0.4 is 23.2 Å². The van der Waals surface area contributed by atoms with E-state index in [1.54, 1.807) is 0 Å². The fourth-order valence-corrected chi connectivity index (χ4v) is 4.14. The molecule has 0 fully saturated rings. The lowest BCUT2D eigenvalue weighted by Gasteiger charge is -2.12. The van der Waals surface area contributed by atoms with E-state index in [9.17, 15) is 9.59 Å². The van der Waals surface area contributed by atoms with Gasteiger partial charge in [-0.2, -0.15) is 0 Å². The highest BCUT2D eigenvalue weighted by Crippen LogP contribution is 2.15. The largest absolute Gasteiger partial charge is 0.350 e. The van der Waals surface area contributed by atoms with Crippen LogP contribution in [0.15, 0.2) is 0 Å². The number of nitrogens with two attached hydrogens (primary N) is 4. The number of amides is 4. The van der Waals surface area contributed by atoms with E-state index < -0.39 is 12.1 Å². The van der Waals surface area contributed by atoms with Gasteiger partial charge in [-0.3, -0.25) is 10.0 Å². The summed E-state index contributed by atoms with van der Waals surface area (Å²) in [4.78, 5) is 21.6. The summed E-state index contributed by atoms with van der Waals surface area (Å²) in [7, 11) is 0. The van der Waals surface area contributed by atoms with E-state index in [1.165, 1.54) is 109 Å². The maximum absolute atomic E-state index is 10.8. The number of hydrogen-bond acceptors (Lipinski definition) is 4. The molecule has 0 saturated heterocycles. The zero-order chi connectivity index (χ0) is 24.6. The number of carbonyl (C=O) groups excluding carboxylic acids is 2. The molecular weight excluding hydrogens is 416 g/mol. The molecule has 0 aliphatic carbocycles. The Bertz CT molecular complexity index is 424. The van der Waals surface area contributed by atoms with Crippen LogP contribution in [-0.2, 0) is 0 Å². The molecular formula is C25H54N6O2. The van der Waals surface area contributed by atoms with E-state index >= 15 is 0 Å². The van der Waals surface area contributed by atoms with Crippen molar-refractivity contribution in [2.45, 2.75) is 135 Å². The van der Waals surface area contributed by atoms with Crippen LogP contribution in [0.1, 0.15) is 135 Å². The first-order chi connectivity index (χ1) is 15.9. The predicted octanol–water partition coefficient (Wildman–Crippen LogP) is 5.69. The molecule has 0 heterocycles. The molecule has 0 unspecified atom stereocenters. The normalized spacial score (nSPS) is 11.0. The molecule has 8 heteroatoms. The van der Waals surface area contributed by atoms with Crippen molar-refractivity contribution < 1.29 is 9.59 Å². The Morgan fingerprint density at radius 3 is 0.667 bits per heavy atom. The first-order valence-electron chi connectivity index (χ1n) is 13.6. The first kappa shape index (κ1) is 31.5. The Morgan fingerprint density at radius 2 is 0.515 bits per heavy atom. The third kappa shape index (κ3) is 23.4. The van der Waals surface area contributed by atoms with Crippen molar-refractivity contribution >= 4 is 12.1 Å². The maximum Gasteiger partial charge on any atom is 0.328 e. The number of primary amides is 2. The standard InChI is InChI=1S/C25H54N6O2/c26-24(32)30(28)22-20-18-16-14-12-10-8-6-4-2-1-3-5-7-9-11-13-15-17-19-21-23-31(29)25(27)33/h1-23,28-29H2,(H2,26,32)(H2,27,33). The molecule has 4 amide bonds. The number of urea groups is 2. The van der Waals surface area contributed by atoms with Gasteiger partial charge in [-0.1, -0.05) is 122 Å². The third-order valence-corrected chi connectivity index (χ3v) is 6.36. The topological polar surface area (TPSA) is 145 Å². The van der Waals surface area contributed by atoms with Crippen molar-refractivity contribution in [2.75, 3.05) is 13.1 Å². The summed E-state index contributed by atoms with van der Waals surface area (Å²) in [5.41, 5.74) is 10.2. The molecule has 0 radical (unpaired) electrons. The van der Waals surface area contributed by atoms with E-state index in [0.29, 0.717) is 13.1 Å². The number of carbonyl (C=O) groups is 2. The van der Waals surface area contributed by atoms with Crippen LogP contribution in [-0.4, -0.2) is 35.2 Å². The van der Waals surface area contributed by atoms with Crippen molar-refractivity contribution in [3.63, 3.8) is 0 Å². The average Bonchev–Trinajstić information content (AvgIpc) is 2.78. The van der Waals surface area contributed by atoms with Crippen LogP contribution in [0.25, 0.3) is 0 Å². The maximum atomic E-state index is 10.8. The van der Waals surface area contributed by atoms with Crippen LogP contribution >= 0.6 is 0 Å². The van der Waals surface area contributed by atoms with E-state index in [1.807, 2.05) is 0 Å². The second-order valence-corrected chi connectivity index (χ2v) is 9.49. The van der Waals surface area contributed by atoms with Gasteiger partial charge in [0, 0.05) is 13.1 Å². The Balaban J connectivity index is 3.10. The average molecular weight is 471 g/mol. The van der Waals surface area contributed by atoms with Crippen LogP contribution in [0.3, 0.4) is 0 Å². The van der Waals surface area contributed by atoms with Crippen molar-refractivity contribution in [1.29, 1.82) is 0 Å². The number of hydrogen-bond donors (Lipinski definition) is 4. The van der Waals surface area contributed by atoms with E-state index in [0.717, 1.165) is 35.7 Å². The Kier molecular flexibility index (Phi) is 22.5. The molecule has 8 N–H and O–H groups in total. The summed E-state index contributed by atoms with van der Waals surface area (Å²) in [6.45, 7) is 1.12. The lowest BCUT2D eigenvalue weighted by atomic mass is 10.0. The highest BCUT2D eigenvalue weighted by atomic mass is 16.2. The smallest absolute Gasteiger partial charge is 0.328 e. The molecule has 196 valence electrons. The lowest BCUT2D eigenvalue weighted by Crippen LogP contribution is -2.41. The summed E-state index contributed by atoms with van der Waals surface area (Å²) >= 11 is 0. The molecule has 33 heavy (non-hydrogen) atoms. The minimum atomic E-state index is -0.547. The molecule has 0 aromatic carbocycles. The van der Waals surface area contributed by atoms with Gasteiger partial charge in [0.05, 0.1) is 0 Å². The predicted molar refractivity (Wildman–Crippen MR) is 138 cm³/mol. The van der Waals surface area contributed by atoms with Crippen LogP contribution in [0.5, 0.6) is 0 Å². The first-order valence-corrected chi connectivity index (χ1v) is 13.6. The molecule has 8 nitrogen and oxygen atoms in total. The van der Waals surface area contributed by atoms with Gasteiger partial charge < -0.3 is 11.5 Å². The van der Waals surface area contributed by atoms with Gasteiger partial charge in [-0.05, 0) is 12.8 Å². The van der Waals surface area contributed by atoms with Gasteiger partial charge in [0.15, 0.2) is 0 Å². The molecule has 0 atom stereocenters. The van der Waals surface area contributed by atoms with Gasteiger partial charge >= 0.3 is 12.1 Å². The van der Waals surface area contributed by atoms with Crippen molar-refractivity contribution in [3.05, 3.63) is 0 Å². The van der Waals surface area contributed by atoms with Crippen molar-refractivity contribution in [2.24, 2.45) is 23.2 Å². The van der Waals surface area contributed by atoms with Crippen molar-refractivity contribution in [1.82, 2.24) is 10.0 Å². The molecule has 0 spiro atoms. The summed E-state index contributed by atoms with van der Waals surface area (Å²) in [5, 5.41) is 2.19. The quantitative estimate of drug-likeness (QED) is 0.0621. The van der Waals surface area contributed by atoms with Crippen LogP contribution in [0.4, 0.5) is 9.59 Å². The molecule has 0 saturated carbocycles. The molecule has 0 aromatic rings. The van der Waals surface area contributed by atoms with E-state index in [4.69, 9.17) is 23.2 Å². The zero-order valence-corrected chi connectivity index (χ0v) is 21.3. The monoisotopic (exact) mass is 470 g/mol. The van der Waals surface area contributed by atoms with Crippen LogP contribution in [0.2, 0.25) is 0 Å². The van der Waals surface area contributed by atoms with Gasteiger partial charge in [-0.15, -0.1) is 0 Å².